The largest absolute Gasteiger partial charge is 0.399 e. The number of aryl methyl sites for hydroxylation is 1. The number of nitrogen functional groups attached to an aromatic ring is 1. The molecule has 134 valence electrons. The Kier molecular flexibility index (Phi) is 4.94. The van der Waals surface area contributed by atoms with Crippen LogP contribution in [0.5, 0.6) is 0 Å². The molecule has 0 unspecified atom stereocenters. The number of anilines is 1. The summed E-state index contributed by atoms with van der Waals surface area (Å²) in [6.45, 7) is 8.25. The topological polar surface area (TPSA) is 68.0 Å². The first-order chi connectivity index (χ1) is 12.3. The van der Waals surface area contributed by atoms with Crippen molar-refractivity contribution in [1.82, 2.24) is 10.3 Å². The molecule has 0 bridgehead atoms. The lowest BCUT2D eigenvalue weighted by Crippen LogP contribution is -2.27. The number of amides is 1. The van der Waals surface area contributed by atoms with Gasteiger partial charge >= 0.3 is 0 Å². The quantitative estimate of drug-likeness (QED) is 0.670. The van der Waals surface area contributed by atoms with Gasteiger partial charge in [-0.3, -0.25) is 4.79 Å². The van der Waals surface area contributed by atoms with Crippen molar-refractivity contribution in [3.05, 3.63) is 70.9 Å². The van der Waals surface area contributed by atoms with E-state index in [0.29, 0.717) is 11.6 Å². The van der Waals surface area contributed by atoms with Crippen molar-refractivity contribution in [2.75, 3.05) is 5.73 Å². The Hall–Kier alpha value is -2.88. The molecule has 26 heavy (non-hydrogen) atoms. The lowest BCUT2D eigenvalue weighted by Gasteiger charge is -2.15. The average molecular weight is 347 g/mol. The normalized spacial score (nSPS) is 12.3. The molecule has 4 heteroatoms. The van der Waals surface area contributed by atoms with Crippen LogP contribution in [-0.4, -0.2) is 10.9 Å². The molecular formula is C22H25N3O. The molecule has 0 aliphatic carbocycles. The number of carbonyl (C=O) groups is 1. The van der Waals surface area contributed by atoms with Crippen molar-refractivity contribution in [2.45, 2.75) is 39.7 Å². The monoisotopic (exact) mass is 347 g/mol. The molecule has 2 aromatic carbocycles. The summed E-state index contributed by atoms with van der Waals surface area (Å²) in [6, 6.07) is 15.6. The molecule has 0 saturated carbocycles. The van der Waals surface area contributed by atoms with E-state index in [1.54, 1.807) is 6.07 Å². The molecular weight excluding hydrogens is 322 g/mol. The third-order valence-electron chi connectivity index (χ3n) is 4.75. The molecule has 3 aromatic rings. The Balaban J connectivity index is 1.80. The van der Waals surface area contributed by atoms with Gasteiger partial charge in [-0.1, -0.05) is 38.1 Å². The molecule has 0 radical (unpaired) electrons. The number of pyridine rings is 1. The molecule has 0 saturated heterocycles. The van der Waals surface area contributed by atoms with E-state index >= 15 is 0 Å². The van der Waals surface area contributed by atoms with Gasteiger partial charge in [0, 0.05) is 11.1 Å². The second kappa shape index (κ2) is 7.16. The molecule has 4 nitrogen and oxygen atoms in total. The smallest absolute Gasteiger partial charge is 0.270 e. The Bertz CT molecular complexity index is 963. The minimum atomic E-state index is -0.179. The summed E-state index contributed by atoms with van der Waals surface area (Å²) in [4.78, 5) is 17.1. The van der Waals surface area contributed by atoms with Crippen LogP contribution >= 0.6 is 0 Å². The highest BCUT2D eigenvalue weighted by atomic mass is 16.1. The van der Waals surface area contributed by atoms with E-state index < -0.39 is 0 Å². The highest BCUT2D eigenvalue weighted by Gasteiger charge is 2.14. The van der Waals surface area contributed by atoms with Crippen LogP contribution in [0.4, 0.5) is 5.69 Å². The van der Waals surface area contributed by atoms with Crippen LogP contribution in [0.3, 0.4) is 0 Å². The van der Waals surface area contributed by atoms with Crippen LogP contribution in [0.1, 0.15) is 59.9 Å². The fraction of sp³-hybridized carbons (Fsp3) is 0.273. The fourth-order valence-electron chi connectivity index (χ4n) is 2.95. The second-order valence-electron chi connectivity index (χ2n) is 7.11. The van der Waals surface area contributed by atoms with Gasteiger partial charge in [0.15, 0.2) is 0 Å². The van der Waals surface area contributed by atoms with Crippen LogP contribution in [0.15, 0.2) is 48.5 Å². The number of aromatic nitrogens is 1. The van der Waals surface area contributed by atoms with Gasteiger partial charge in [-0.2, -0.15) is 0 Å². The van der Waals surface area contributed by atoms with E-state index in [-0.39, 0.29) is 11.9 Å². The maximum Gasteiger partial charge on any atom is 0.270 e. The zero-order valence-corrected chi connectivity index (χ0v) is 15.7. The zero-order valence-electron chi connectivity index (χ0n) is 15.7. The first-order valence-corrected chi connectivity index (χ1v) is 8.92. The maximum atomic E-state index is 12.6. The number of hydrogen-bond acceptors (Lipinski definition) is 3. The van der Waals surface area contributed by atoms with Crippen LogP contribution in [0.25, 0.3) is 10.9 Å². The summed E-state index contributed by atoms with van der Waals surface area (Å²) in [5.41, 5.74) is 11.2. The van der Waals surface area contributed by atoms with Crippen molar-refractivity contribution in [2.24, 2.45) is 0 Å². The number of fused-ring (bicyclic) bond motifs is 1. The van der Waals surface area contributed by atoms with E-state index in [1.807, 2.05) is 44.2 Å². The summed E-state index contributed by atoms with van der Waals surface area (Å²) >= 11 is 0. The summed E-state index contributed by atoms with van der Waals surface area (Å²) in [6.07, 6.45) is 0. The molecule has 0 spiro atoms. The van der Waals surface area contributed by atoms with Gasteiger partial charge in [0.25, 0.3) is 5.91 Å². The van der Waals surface area contributed by atoms with E-state index in [2.05, 4.69) is 36.3 Å². The number of nitrogens with two attached hydrogens (primary N) is 1. The third-order valence-corrected chi connectivity index (χ3v) is 4.75. The predicted octanol–water partition coefficient (Wildman–Crippen LogP) is 4.74. The molecule has 0 fully saturated rings. The Morgan fingerprint density at radius 1 is 1.00 bits per heavy atom. The van der Waals surface area contributed by atoms with Gasteiger partial charge in [0.05, 0.1) is 11.6 Å². The Labute approximate surface area is 154 Å². The third kappa shape index (κ3) is 3.69. The maximum absolute atomic E-state index is 12.6. The van der Waals surface area contributed by atoms with E-state index in [9.17, 15) is 4.79 Å². The molecule has 0 aliphatic rings. The van der Waals surface area contributed by atoms with Gasteiger partial charge < -0.3 is 11.1 Å². The molecule has 1 amide bonds. The van der Waals surface area contributed by atoms with Gasteiger partial charge in [-0.05, 0) is 60.7 Å². The summed E-state index contributed by atoms with van der Waals surface area (Å²) in [5, 5.41) is 4.06. The number of nitrogens with one attached hydrogen (secondary N) is 1. The Morgan fingerprint density at radius 3 is 2.42 bits per heavy atom. The highest BCUT2D eigenvalue weighted by molar-refractivity contribution is 5.95. The minimum absolute atomic E-state index is 0.123. The Morgan fingerprint density at radius 2 is 1.73 bits per heavy atom. The first kappa shape index (κ1) is 17.9. The highest BCUT2D eigenvalue weighted by Crippen LogP contribution is 2.22. The average Bonchev–Trinajstić information content (AvgIpc) is 2.62. The van der Waals surface area contributed by atoms with Crippen molar-refractivity contribution >= 4 is 22.5 Å². The van der Waals surface area contributed by atoms with Gasteiger partial charge in [0.1, 0.15) is 5.69 Å². The molecule has 1 atom stereocenters. The molecule has 1 heterocycles. The lowest BCUT2D eigenvalue weighted by atomic mass is 10.0. The van der Waals surface area contributed by atoms with Gasteiger partial charge in [0.2, 0.25) is 0 Å². The van der Waals surface area contributed by atoms with Crippen molar-refractivity contribution in [3.8, 4) is 0 Å². The van der Waals surface area contributed by atoms with Crippen molar-refractivity contribution < 1.29 is 4.79 Å². The summed E-state index contributed by atoms with van der Waals surface area (Å²) in [7, 11) is 0. The summed E-state index contributed by atoms with van der Waals surface area (Å²) in [5.74, 6) is 0.286. The van der Waals surface area contributed by atoms with E-state index in [0.717, 1.165) is 27.7 Å². The lowest BCUT2D eigenvalue weighted by molar-refractivity contribution is 0.0935. The molecule has 1 aromatic heterocycles. The molecule has 0 aliphatic heterocycles. The number of hydrogen-bond donors (Lipinski definition) is 2. The number of rotatable bonds is 4. The van der Waals surface area contributed by atoms with Crippen molar-refractivity contribution in [3.63, 3.8) is 0 Å². The zero-order chi connectivity index (χ0) is 18.8. The van der Waals surface area contributed by atoms with E-state index in [1.165, 1.54) is 5.56 Å². The van der Waals surface area contributed by atoms with Crippen LogP contribution < -0.4 is 11.1 Å². The first-order valence-electron chi connectivity index (χ1n) is 8.92. The SMILES string of the molecule is Cc1cc([C@@H](C)NC(=O)c2ccc3cc(C(C)C)ccc3n2)ccc1N. The van der Waals surface area contributed by atoms with Crippen LogP contribution in [0, 0.1) is 6.92 Å². The predicted molar refractivity (Wildman–Crippen MR) is 107 cm³/mol. The number of carbonyl (C=O) groups excluding carboxylic acids is 1. The fourth-order valence-corrected chi connectivity index (χ4v) is 2.95. The minimum Gasteiger partial charge on any atom is -0.399 e. The molecule has 3 N–H and O–H groups in total. The second-order valence-corrected chi connectivity index (χ2v) is 7.11. The molecule has 3 rings (SSSR count). The van der Waals surface area contributed by atoms with Crippen LogP contribution in [0.2, 0.25) is 0 Å². The van der Waals surface area contributed by atoms with Gasteiger partial charge in [-0.25, -0.2) is 4.98 Å². The van der Waals surface area contributed by atoms with Crippen LogP contribution in [-0.2, 0) is 0 Å². The summed E-state index contributed by atoms with van der Waals surface area (Å²) < 4.78 is 0. The van der Waals surface area contributed by atoms with Crippen molar-refractivity contribution in [1.29, 1.82) is 0 Å². The number of benzene rings is 2. The number of nitrogens with zero attached hydrogens (tertiary/aromatic N) is 1. The van der Waals surface area contributed by atoms with E-state index in [4.69, 9.17) is 5.73 Å². The van der Waals surface area contributed by atoms with Gasteiger partial charge in [-0.15, -0.1) is 0 Å². The standard InChI is InChI=1S/C22H25N3O/c1-13(2)16-6-9-20-18(12-16)7-10-21(25-20)22(26)24-15(4)17-5-8-19(23)14(3)11-17/h5-13,15H,23H2,1-4H3,(H,24,26)/t15-/m1/s1.